The summed E-state index contributed by atoms with van der Waals surface area (Å²) < 4.78 is 5.47. The zero-order valence-electron chi connectivity index (χ0n) is 22.6. The zero-order chi connectivity index (χ0) is 27.9. The van der Waals surface area contributed by atoms with Crippen molar-refractivity contribution in [2.45, 2.75) is 51.7 Å². The summed E-state index contributed by atoms with van der Waals surface area (Å²) in [5.41, 5.74) is 0.693. The van der Waals surface area contributed by atoms with Gasteiger partial charge in [-0.15, -0.1) is 0 Å². The molecule has 3 rings (SSSR count). The van der Waals surface area contributed by atoms with E-state index in [1.54, 1.807) is 82.1 Å². The Hall–Kier alpha value is -4.26. The Balaban J connectivity index is 1.85. The van der Waals surface area contributed by atoms with E-state index >= 15 is 0 Å². The Kier molecular flexibility index (Phi) is 8.84. The second kappa shape index (κ2) is 11.9. The van der Waals surface area contributed by atoms with Gasteiger partial charge in [-0.1, -0.05) is 6.07 Å². The Morgan fingerprint density at radius 1 is 1.00 bits per heavy atom. The lowest BCUT2D eigenvalue weighted by atomic mass is 9.89. The average Bonchev–Trinajstić information content (AvgIpc) is 3.41. The number of anilines is 3. The minimum Gasteiger partial charge on any atom is -0.444 e. The fourth-order valence-electron chi connectivity index (χ4n) is 4.21. The number of amides is 3. The highest BCUT2D eigenvalue weighted by Crippen LogP contribution is 2.32. The fourth-order valence-corrected chi connectivity index (χ4v) is 4.21. The number of ether oxygens (including phenoxy) is 1. The molecule has 10 heteroatoms. The summed E-state index contributed by atoms with van der Waals surface area (Å²) in [6.45, 7) is 8.14. The molecule has 1 atom stereocenters. The molecule has 1 fully saturated rings. The third-order valence-electron chi connectivity index (χ3n) is 6.18. The lowest BCUT2D eigenvalue weighted by Gasteiger charge is -2.35. The summed E-state index contributed by atoms with van der Waals surface area (Å²) in [5, 5.41) is 20.7. The van der Waals surface area contributed by atoms with Crippen molar-refractivity contribution < 1.29 is 19.1 Å². The summed E-state index contributed by atoms with van der Waals surface area (Å²) in [6.07, 6.45) is 1.10. The van der Waals surface area contributed by atoms with E-state index in [4.69, 9.17) is 10.00 Å². The Morgan fingerprint density at radius 3 is 2.24 bits per heavy atom. The molecular weight excluding hydrogens is 484 g/mol. The van der Waals surface area contributed by atoms with Crippen molar-refractivity contribution in [3.8, 4) is 6.07 Å². The zero-order valence-corrected chi connectivity index (χ0v) is 22.6. The van der Waals surface area contributed by atoms with Gasteiger partial charge in [-0.05, 0) is 82.5 Å². The molecule has 202 valence electrons. The first-order chi connectivity index (χ1) is 17.9. The topological polar surface area (TPSA) is 136 Å². The molecule has 1 heterocycles. The van der Waals surface area contributed by atoms with E-state index in [1.165, 1.54) is 0 Å². The summed E-state index contributed by atoms with van der Waals surface area (Å²) in [6, 6.07) is 14.0. The number of hydrogen-bond acceptors (Lipinski definition) is 7. The molecule has 3 amide bonds. The van der Waals surface area contributed by atoms with Gasteiger partial charge < -0.3 is 30.9 Å². The molecule has 0 spiro atoms. The Morgan fingerprint density at radius 2 is 1.66 bits per heavy atom. The first kappa shape index (κ1) is 28.3. The number of alkyl carbamates (subject to hydrolysis) is 1. The summed E-state index contributed by atoms with van der Waals surface area (Å²) in [7, 11) is 1.73. The number of nitrogens with one attached hydrogen (secondary N) is 4. The van der Waals surface area contributed by atoms with Crippen molar-refractivity contribution >= 4 is 35.0 Å². The van der Waals surface area contributed by atoms with Gasteiger partial charge in [0.2, 0.25) is 5.91 Å². The third kappa shape index (κ3) is 7.16. The Labute approximate surface area is 223 Å². The molecule has 0 radical (unpaired) electrons. The second-order valence-electron chi connectivity index (χ2n) is 10.4. The van der Waals surface area contributed by atoms with Crippen molar-refractivity contribution in [1.82, 2.24) is 10.2 Å². The number of rotatable bonds is 8. The molecule has 2 aromatic carbocycles. The predicted molar refractivity (Wildman–Crippen MR) is 147 cm³/mol. The molecule has 0 saturated carbocycles. The highest BCUT2D eigenvalue weighted by Gasteiger charge is 2.42. The fraction of sp³-hybridized carbons (Fsp3) is 0.429. The molecule has 0 bridgehead atoms. The van der Waals surface area contributed by atoms with E-state index in [2.05, 4.69) is 27.3 Å². The van der Waals surface area contributed by atoms with Gasteiger partial charge in [-0.3, -0.25) is 9.59 Å². The average molecular weight is 521 g/mol. The van der Waals surface area contributed by atoms with Crippen molar-refractivity contribution in [2.75, 3.05) is 42.6 Å². The molecule has 38 heavy (non-hydrogen) atoms. The van der Waals surface area contributed by atoms with Crippen LogP contribution in [-0.4, -0.2) is 55.1 Å². The number of likely N-dealkylation sites (tertiary alicyclic amines) is 1. The molecule has 1 aliphatic rings. The van der Waals surface area contributed by atoms with E-state index in [0.29, 0.717) is 41.3 Å². The molecule has 4 N–H and O–H groups in total. The van der Waals surface area contributed by atoms with Crippen molar-refractivity contribution in [2.24, 2.45) is 0 Å². The van der Waals surface area contributed by atoms with Crippen LogP contribution in [0.15, 0.2) is 42.5 Å². The van der Waals surface area contributed by atoms with Gasteiger partial charge in [-0.2, -0.15) is 5.26 Å². The van der Waals surface area contributed by atoms with Crippen LogP contribution < -0.4 is 21.3 Å². The predicted octanol–water partition coefficient (Wildman–Crippen LogP) is 4.01. The number of carbonyl (C=O) groups excluding carboxylic acids is 3. The molecule has 1 saturated heterocycles. The smallest absolute Gasteiger partial charge is 0.408 e. The van der Waals surface area contributed by atoms with Gasteiger partial charge in [0.1, 0.15) is 11.1 Å². The van der Waals surface area contributed by atoms with Crippen molar-refractivity contribution in [3.05, 3.63) is 53.6 Å². The maximum Gasteiger partial charge on any atom is 0.408 e. The van der Waals surface area contributed by atoms with Crippen LogP contribution in [0.25, 0.3) is 0 Å². The quantitative estimate of drug-likeness (QED) is 0.413. The van der Waals surface area contributed by atoms with Crippen LogP contribution in [0.4, 0.5) is 21.9 Å². The standard InChI is InChI=1S/C28H36N6O4/c1-27(2,3)38-26(37)33-28(4,25(36)34-14-6-7-15-34)20-10-13-22(30-5)23(16-20)32-24(35)18-31-21-11-8-19(17-29)9-12-21/h8-13,16,30-31H,6-7,14-15,18H2,1-5H3,(H,32,35)(H,33,37)/t28-/m1/s1. The van der Waals surface area contributed by atoms with Crippen LogP contribution in [-0.2, 0) is 19.9 Å². The number of hydrogen-bond donors (Lipinski definition) is 4. The second-order valence-corrected chi connectivity index (χ2v) is 10.4. The van der Waals surface area contributed by atoms with Crippen LogP contribution in [0.1, 0.15) is 51.7 Å². The highest BCUT2D eigenvalue weighted by molar-refractivity contribution is 5.98. The maximum atomic E-state index is 13.7. The van der Waals surface area contributed by atoms with Gasteiger partial charge >= 0.3 is 6.09 Å². The van der Waals surface area contributed by atoms with Gasteiger partial charge in [-0.25, -0.2) is 4.79 Å². The number of benzene rings is 2. The third-order valence-corrected chi connectivity index (χ3v) is 6.18. The summed E-state index contributed by atoms with van der Waals surface area (Å²) in [4.78, 5) is 41.0. The summed E-state index contributed by atoms with van der Waals surface area (Å²) in [5.74, 6) is -0.548. The van der Waals surface area contributed by atoms with Gasteiger partial charge in [0.25, 0.3) is 5.91 Å². The SMILES string of the molecule is CNc1ccc([C@@](C)(NC(=O)OC(C)(C)C)C(=O)N2CCCC2)cc1NC(=O)CNc1ccc(C#N)cc1. The lowest BCUT2D eigenvalue weighted by molar-refractivity contribution is -0.137. The monoisotopic (exact) mass is 520 g/mol. The van der Waals surface area contributed by atoms with Crippen molar-refractivity contribution in [1.29, 1.82) is 5.26 Å². The number of carbonyl (C=O) groups is 3. The lowest BCUT2D eigenvalue weighted by Crippen LogP contribution is -2.55. The highest BCUT2D eigenvalue weighted by atomic mass is 16.6. The van der Waals surface area contributed by atoms with Gasteiger partial charge in [0, 0.05) is 25.8 Å². The van der Waals surface area contributed by atoms with E-state index in [9.17, 15) is 14.4 Å². The van der Waals surface area contributed by atoms with E-state index in [-0.39, 0.29) is 18.4 Å². The molecule has 0 aliphatic carbocycles. The van der Waals surface area contributed by atoms with Crippen LogP contribution in [0.5, 0.6) is 0 Å². The van der Waals surface area contributed by atoms with E-state index in [0.717, 1.165) is 12.8 Å². The van der Waals surface area contributed by atoms with E-state index in [1.807, 2.05) is 0 Å². The summed E-state index contributed by atoms with van der Waals surface area (Å²) >= 11 is 0. The number of nitriles is 1. The molecule has 2 aromatic rings. The van der Waals surface area contributed by atoms with Crippen molar-refractivity contribution in [3.63, 3.8) is 0 Å². The first-order valence-electron chi connectivity index (χ1n) is 12.6. The minimum atomic E-state index is -1.42. The largest absolute Gasteiger partial charge is 0.444 e. The van der Waals surface area contributed by atoms with Crippen LogP contribution in [0.3, 0.4) is 0 Å². The molecule has 0 unspecified atom stereocenters. The van der Waals surface area contributed by atoms with Crippen LogP contribution in [0, 0.1) is 11.3 Å². The normalized spacial score (nSPS) is 14.6. The van der Waals surface area contributed by atoms with Crippen LogP contribution in [0.2, 0.25) is 0 Å². The van der Waals surface area contributed by atoms with Gasteiger partial charge in [0.05, 0.1) is 29.6 Å². The molecular formula is C28H36N6O4. The molecule has 10 nitrogen and oxygen atoms in total. The number of nitrogens with zero attached hydrogens (tertiary/aromatic N) is 2. The van der Waals surface area contributed by atoms with Gasteiger partial charge in [0.15, 0.2) is 0 Å². The molecule has 1 aliphatic heterocycles. The molecule has 0 aromatic heterocycles. The van der Waals surface area contributed by atoms with Crippen LogP contribution >= 0.6 is 0 Å². The Bertz CT molecular complexity index is 1210. The van der Waals surface area contributed by atoms with E-state index < -0.39 is 17.2 Å². The first-order valence-corrected chi connectivity index (χ1v) is 12.6. The maximum absolute atomic E-state index is 13.7. The minimum absolute atomic E-state index is 0.0145.